The van der Waals surface area contributed by atoms with Gasteiger partial charge >= 0.3 is 11.9 Å². The zero-order valence-electron chi connectivity index (χ0n) is 12.6. The van der Waals surface area contributed by atoms with E-state index in [1.54, 1.807) is 0 Å². The fraction of sp³-hybridized carbons (Fsp3) is 0.133. The Bertz CT molecular complexity index is 859. The van der Waals surface area contributed by atoms with Gasteiger partial charge in [-0.25, -0.2) is 0 Å². The maximum absolute atomic E-state index is 13.0. The van der Waals surface area contributed by atoms with E-state index in [0.717, 1.165) is 18.2 Å². The molecule has 11 heteroatoms. The molecule has 2 aromatic rings. The van der Waals surface area contributed by atoms with Gasteiger partial charge in [-0.15, -0.1) is 0 Å². The highest BCUT2D eigenvalue weighted by atomic mass is 35.5. The molecule has 0 bridgehead atoms. The van der Waals surface area contributed by atoms with Gasteiger partial charge in [0.1, 0.15) is 0 Å². The van der Waals surface area contributed by atoms with E-state index < -0.39 is 40.6 Å². The Labute approximate surface area is 154 Å². The van der Waals surface area contributed by atoms with Crippen LogP contribution in [0.1, 0.15) is 5.56 Å². The molecular weight excluding hydrogens is 400 g/mol. The first-order chi connectivity index (χ1) is 12.1. The zero-order chi connectivity index (χ0) is 19.5. The highest BCUT2D eigenvalue weighted by Crippen LogP contribution is 2.38. The number of alkyl halides is 3. The van der Waals surface area contributed by atoms with Crippen LogP contribution >= 0.6 is 23.2 Å². The maximum atomic E-state index is 13.0. The third-order valence-corrected chi connectivity index (χ3v) is 3.61. The molecule has 0 aliphatic rings. The van der Waals surface area contributed by atoms with Gasteiger partial charge in [-0.3, -0.25) is 14.9 Å². The number of nitrogens with zero attached hydrogens (tertiary/aromatic N) is 1. The van der Waals surface area contributed by atoms with Crippen LogP contribution in [0.3, 0.4) is 0 Å². The Morgan fingerprint density at radius 3 is 2.54 bits per heavy atom. The average molecular weight is 409 g/mol. The van der Waals surface area contributed by atoms with E-state index in [0.29, 0.717) is 0 Å². The summed E-state index contributed by atoms with van der Waals surface area (Å²) >= 11 is 11.4. The number of carbonyl (C=O) groups is 1. The Morgan fingerprint density at radius 2 is 1.92 bits per heavy atom. The summed E-state index contributed by atoms with van der Waals surface area (Å²) in [5.74, 6) is -1.24. The van der Waals surface area contributed by atoms with E-state index in [-0.39, 0.29) is 15.8 Å². The summed E-state index contributed by atoms with van der Waals surface area (Å²) in [7, 11) is 0. The van der Waals surface area contributed by atoms with Crippen molar-refractivity contribution in [2.45, 2.75) is 6.18 Å². The van der Waals surface area contributed by atoms with E-state index in [4.69, 9.17) is 27.9 Å². The summed E-state index contributed by atoms with van der Waals surface area (Å²) in [6, 6.07) is 6.52. The highest BCUT2D eigenvalue weighted by molar-refractivity contribution is 6.34. The van der Waals surface area contributed by atoms with Gasteiger partial charge in [0.2, 0.25) is 0 Å². The molecule has 1 amide bonds. The van der Waals surface area contributed by atoms with Crippen LogP contribution in [0.2, 0.25) is 10.0 Å². The number of anilines is 1. The Morgan fingerprint density at radius 1 is 1.23 bits per heavy atom. The van der Waals surface area contributed by atoms with Gasteiger partial charge in [-0.05, 0) is 24.3 Å². The summed E-state index contributed by atoms with van der Waals surface area (Å²) in [5.41, 5.74) is -2.24. The van der Waals surface area contributed by atoms with Crippen LogP contribution in [0, 0.1) is 10.1 Å². The predicted molar refractivity (Wildman–Crippen MR) is 88.7 cm³/mol. The summed E-state index contributed by atoms with van der Waals surface area (Å²) in [4.78, 5) is 22.1. The van der Waals surface area contributed by atoms with Crippen LogP contribution in [0.25, 0.3) is 0 Å². The molecule has 2 aromatic carbocycles. The number of hydrogen-bond acceptors (Lipinski definition) is 4. The molecule has 26 heavy (non-hydrogen) atoms. The standard InChI is InChI=1S/C15H9Cl2F3N2O4/c16-8-4-5-12(11(6-8)22(24)25)26-7-13(23)21-14-9(15(18,19)20)2-1-3-10(14)17/h1-6H,7H2,(H,21,23). The molecule has 0 aliphatic heterocycles. The number of nitro benzene ring substituents is 1. The number of hydrogen-bond donors (Lipinski definition) is 1. The molecule has 0 saturated heterocycles. The first kappa shape index (κ1) is 19.8. The summed E-state index contributed by atoms with van der Waals surface area (Å²) < 4.78 is 44.0. The quantitative estimate of drug-likeness (QED) is 0.561. The molecule has 0 aliphatic carbocycles. The van der Waals surface area contributed by atoms with Crippen LogP contribution in [0.5, 0.6) is 5.75 Å². The predicted octanol–water partition coefficient (Wildman–Crippen LogP) is 4.94. The van der Waals surface area contributed by atoms with Gasteiger partial charge in [0.05, 0.1) is 21.2 Å². The molecule has 0 fully saturated rings. The smallest absolute Gasteiger partial charge is 0.418 e. The van der Waals surface area contributed by atoms with Crippen molar-refractivity contribution in [3.63, 3.8) is 0 Å². The molecule has 0 unspecified atom stereocenters. The lowest BCUT2D eigenvalue weighted by Gasteiger charge is -2.15. The number of amides is 1. The molecule has 6 nitrogen and oxygen atoms in total. The van der Waals surface area contributed by atoms with Crippen LogP contribution in [0.15, 0.2) is 36.4 Å². The lowest BCUT2D eigenvalue weighted by molar-refractivity contribution is -0.385. The normalized spacial score (nSPS) is 11.1. The molecule has 138 valence electrons. The van der Waals surface area contributed by atoms with Crippen molar-refractivity contribution in [2.24, 2.45) is 0 Å². The van der Waals surface area contributed by atoms with Gasteiger partial charge in [0, 0.05) is 11.1 Å². The van der Waals surface area contributed by atoms with Crippen LogP contribution in [0.4, 0.5) is 24.5 Å². The van der Waals surface area contributed by atoms with Crippen molar-refractivity contribution >= 4 is 40.5 Å². The monoisotopic (exact) mass is 408 g/mol. The minimum absolute atomic E-state index is 0.0828. The maximum Gasteiger partial charge on any atom is 0.418 e. The molecule has 0 saturated carbocycles. The third-order valence-electron chi connectivity index (χ3n) is 3.06. The summed E-state index contributed by atoms with van der Waals surface area (Å²) in [5, 5.41) is 12.7. The second-order valence-corrected chi connectivity index (χ2v) is 5.71. The fourth-order valence-corrected chi connectivity index (χ4v) is 2.35. The van der Waals surface area contributed by atoms with E-state index in [1.165, 1.54) is 18.2 Å². The lowest BCUT2D eigenvalue weighted by atomic mass is 10.1. The minimum Gasteiger partial charge on any atom is -0.477 e. The average Bonchev–Trinajstić information content (AvgIpc) is 2.54. The first-order valence-electron chi connectivity index (χ1n) is 6.82. The third kappa shape index (κ3) is 4.77. The van der Waals surface area contributed by atoms with Gasteiger partial charge in [0.25, 0.3) is 5.91 Å². The molecule has 0 aromatic heterocycles. The van der Waals surface area contributed by atoms with Crippen molar-refractivity contribution in [2.75, 3.05) is 11.9 Å². The molecule has 1 N–H and O–H groups in total. The summed E-state index contributed by atoms with van der Waals surface area (Å²) in [6.07, 6.45) is -4.73. The Kier molecular flexibility index (Phi) is 5.94. The second-order valence-electron chi connectivity index (χ2n) is 4.87. The van der Waals surface area contributed by atoms with Crippen molar-refractivity contribution < 1.29 is 27.6 Å². The Hall–Kier alpha value is -2.52. The fourth-order valence-electron chi connectivity index (χ4n) is 1.96. The number of para-hydroxylation sites is 1. The molecule has 0 spiro atoms. The van der Waals surface area contributed by atoms with Crippen molar-refractivity contribution in [3.8, 4) is 5.75 Å². The van der Waals surface area contributed by atoms with Crippen LogP contribution in [-0.2, 0) is 11.0 Å². The number of benzene rings is 2. The van der Waals surface area contributed by atoms with E-state index in [9.17, 15) is 28.1 Å². The number of halogens is 5. The first-order valence-corrected chi connectivity index (χ1v) is 7.57. The second kappa shape index (κ2) is 7.79. The van der Waals surface area contributed by atoms with Crippen molar-refractivity contribution in [3.05, 3.63) is 62.1 Å². The topological polar surface area (TPSA) is 81.5 Å². The van der Waals surface area contributed by atoms with Crippen LogP contribution in [-0.4, -0.2) is 17.4 Å². The van der Waals surface area contributed by atoms with Gasteiger partial charge in [-0.2, -0.15) is 13.2 Å². The summed E-state index contributed by atoms with van der Waals surface area (Å²) in [6.45, 7) is -0.773. The SMILES string of the molecule is O=C(COc1ccc(Cl)cc1[N+](=O)[O-])Nc1c(Cl)cccc1C(F)(F)F. The number of ether oxygens (including phenoxy) is 1. The molecular formula is C15H9Cl2F3N2O4. The number of nitro groups is 1. The zero-order valence-corrected chi connectivity index (χ0v) is 14.2. The highest BCUT2D eigenvalue weighted by Gasteiger charge is 2.34. The largest absolute Gasteiger partial charge is 0.477 e. The molecule has 2 rings (SSSR count). The molecule has 0 atom stereocenters. The minimum atomic E-state index is -4.73. The molecule has 0 heterocycles. The number of carbonyl (C=O) groups excluding carboxylic acids is 1. The number of rotatable bonds is 5. The van der Waals surface area contributed by atoms with E-state index in [2.05, 4.69) is 0 Å². The number of nitrogens with one attached hydrogen (secondary N) is 1. The molecule has 0 radical (unpaired) electrons. The van der Waals surface area contributed by atoms with Gasteiger partial charge in [0.15, 0.2) is 12.4 Å². The van der Waals surface area contributed by atoms with E-state index >= 15 is 0 Å². The van der Waals surface area contributed by atoms with Gasteiger partial charge < -0.3 is 10.1 Å². The van der Waals surface area contributed by atoms with Crippen molar-refractivity contribution in [1.29, 1.82) is 0 Å². The van der Waals surface area contributed by atoms with Crippen molar-refractivity contribution in [1.82, 2.24) is 0 Å². The van der Waals surface area contributed by atoms with Crippen LogP contribution < -0.4 is 10.1 Å². The van der Waals surface area contributed by atoms with Gasteiger partial charge in [-0.1, -0.05) is 29.3 Å². The lowest BCUT2D eigenvalue weighted by Crippen LogP contribution is -2.22. The Balaban J connectivity index is 2.16. The van der Waals surface area contributed by atoms with E-state index in [1.807, 2.05) is 5.32 Å².